The first-order chi connectivity index (χ1) is 20.1. The largest absolute Gasteiger partial charge is 0.744 e. The summed E-state index contributed by atoms with van der Waals surface area (Å²) >= 11 is 0. The first kappa shape index (κ1) is 27.4. The van der Waals surface area contributed by atoms with Gasteiger partial charge < -0.3 is 9.29 Å². The van der Waals surface area contributed by atoms with Gasteiger partial charge in [-0.25, -0.2) is 17.2 Å². The van der Waals surface area contributed by atoms with Gasteiger partial charge in [-0.2, -0.15) is 8.78 Å². The molecular formula is C33H35F4O4S-. The summed E-state index contributed by atoms with van der Waals surface area (Å²) in [7, 11) is -5.81. The summed E-state index contributed by atoms with van der Waals surface area (Å²) in [6.45, 7) is 0. The third kappa shape index (κ3) is 4.19. The first-order valence-electron chi connectivity index (χ1n) is 15.7. The molecule has 0 spiro atoms. The molecule has 0 aliphatic heterocycles. The summed E-state index contributed by atoms with van der Waals surface area (Å²) in [5.74, 6) is -5.52. The van der Waals surface area contributed by atoms with E-state index < -0.39 is 44.0 Å². The number of ether oxygens (including phenoxy) is 1. The molecule has 6 bridgehead atoms. The van der Waals surface area contributed by atoms with Gasteiger partial charge in [0.05, 0.1) is 0 Å². The summed E-state index contributed by atoms with van der Waals surface area (Å²) in [5.41, 5.74) is 3.01. The number of rotatable bonds is 6. The molecule has 42 heavy (non-hydrogen) atoms. The van der Waals surface area contributed by atoms with Crippen molar-refractivity contribution >= 4 is 10.1 Å². The van der Waals surface area contributed by atoms with Crippen molar-refractivity contribution in [2.24, 2.45) is 35.5 Å². The molecular weight excluding hydrogens is 568 g/mol. The quantitative estimate of drug-likeness (QED) is 0.188. The van der Waals surface area contributed by atoms with Gasteiger partial charge in [0, 0.05) is 0 Å². The van der Waals surface area contributed by atoms with Gasteiger partial charge in [-0.3, -0.25) is 0 Å². The second kappa shape index (κ2) is 9.68. The van der Waals surface area contributed by atoms with Crippen LogP contribution in [0, 0.1) is 58.8 Å². The maximum Gasteiger partial charge on any atom is 0.205 e. The SMILES string of the molecule is O=S(=O)([O-])c1c(F)c(F)c(Oc2c(C3CC4CCC3C4)cc(C3CC4CCC3C4)cc2C2CC3CCC2C3)c(F)c1F. The summed E-state index contributed by atoms with van der Waals surface area (Å²) < 4.78 is 101. The first-order valence-corrected chi connectivity index (χ1v) is 17.1. The molecule has 2 aromatic carbocycles. The monoisotopic (exact) mass is 603 g/mol. The van der Waals surface area contributed by atoms with E-state index in [1.165, 1.54) is 24.8 Å². The molecule has 4 nitrogen and oxygen atoms in total. The van der Waals surface area contributed by atoms with Crippen molar-refractivity contribution in [1.29, 1.82) is 0 Å². The van der Waals surface area contributed by atoms with Gasteiger partial charge in [0.1, 0.15) is 20.8 Å². The number of fused-ring (bicyclic) bond motifs is 6. The fourth-order valence-electron chi connectivity index (χ4n) is 10.5. The molecule has 0 aromatic heterocycles. The second-order valence-corrected chi connectivity index (χ2v) is 15.7. The number of halogens is 4. The summed E-state index contributed by atoms with van der Waals surface area (Å²) in [6.07, 6.45) is 13.4. The summed E-state index contributed by atoms with van der Waals surface area (Å²) in [4.78, 5) is -2.15. The highest BCUT2D eigenvalue weighted by Crippen LogP contribution is 2.61. The zero-order chi connectivity index (χ0) is 29.1. The Bertz CT molecular complexity index is 1500. The number of hydrogen-bond donors (Lipinski definition) is 0. The van der Waals surface area contributed by atoms with Crippen LogP contribution in [0.1, 0.15) is 111 Å². The van der Waals surface area contributed by atoms with Gasteiger partial charge in [-0.15, -0.1) is 0 Å². The van der Waals surface area contributed by atoms with Crippen molar-refractivity contribution in [3.05, 3.63) is 52.1 Å². The second-order valence-electron chi connectivity index (χ2n) is 14.3. The van der Waals surface area contributed by atoms with Gasteiger partial charge >= 0.3 is 0 Å². The van der Waals surface area contributed by atoms with E-state index in [0.717, 1.165) is 74.8 Å². The van der Waals surface area contributed by atoms with E-state index >= 15 is 8.78 Å². The highest BCUT2D eigenvalue weighted by atomic mass is 32.2. The zero-order valence-corrected chi connectivity index (χ0v) is 24.2. The molecule has 6 fully saturated rings. The predicted octanol–water partition coefficient (Wildman–Crippen LogP) is 8.65. The van der Waals surface area contributed by atoms with Crippen LogP contribution in [-0.2, 0) is 10.1 Å². The zero-order valence-electron chi connectivity index (χ0n) is 23.4. The van der Waals surface area contributed by atoms with Gasteiger partial charge in [0.15, 0.2) is 11.6 Å². The van der Waals surface area contributed by atoms with E-state index in [1.54, 1.807) is 0 Å². The predicted molar refractivity (Wildman–Crippen MR) is 145 cm³/mol. The lowest BCUT2D eigenvalue weighted by Gasteiger charge is -2.32. The lowest BCUT2D eigenvalue weighted by Crippen LogP contribution is -2.18. The molecule has 0 N–H and O–H groups in total. The van der Waals surface area contributed by atoms with Crippen LogP contribution in [0.3, 0.4) is 0 Å². The Balaban J connectivity index is 1.31. The fourth-order valence-corrected chi connectivity index (χ4v) is 11.1. The Morgan fingerprint density at radius 2 is 1.02 bits per heavy atom. The molecule has 9 unspecified atom stereocenters. The minimum absolute atomic E-state index is 0.122. The molecule has 6 saturated carbocycles. The van der Waals surface area contributed by atoms with E-state index in [9.17, 15) is 21.8 Å². The van der Waals surface area contributed by atoms with Crippen LogP contribution in [0.5, 0.6) is 11.5 Å². The van der Waals surface area contributed by atoms with Gasteiger partial charge in [-0.1, -0.05) is 31.4 Å². The third-order valence-corrected chi connectivity index (χ3v) is 13.1. The average molecular weight is 604 g/mol. The van der Waals surface area contributed by atoms with Crippen molar-refractivity contribution in [3.8, 4) is 11.5 Å². The molecule has 8 rings (SSSR count). The molecule has 6 aliphatic rings. The molecule has 0 saturated heterocycles. The molecule has 0 radical (unpaired) electrons. The highest BCUT2D eigenvalue weighted by molar-refractivity contribution is 7.85. The van der Waals surface area contributed by atoms with Gasteiger partial charge in [0.2, 0.25) is 17.4 Å². The molecule has 226 valence electrons. The van der Waals surface area contributed by atoms with E-state index in [4.69, 9.17) is 4.74 Å². The molecule has 0 heterocycles. The van der Waals surface area contributed by atoms with Crippen molar-refractivity contribution < 1.29 is 35.3 Å². The fraction of sp³-hybridized carbons (Fsp3) is 0.636. The standard InChI is InChI=1S/C33H36F4O4S/c34-27-29(36)33(42(38,39)40)30(37)28(35)32(27)41-31-25(23-11-16-2-5-19(23)8-16)13-21(22-10-15-1-4-18(22)7-15)14-26(31)24-12-17-3-6-20(24)9-17/h13-20,22-24H,1-12H2,(H,38,39,40)/p-1. The van der Waals surface area contributed by atoms with Crippen LogP contribution in [0.2, 0.25) is 0 Å². The van der Waals surface area contributed by atoms with Gasteiger partial charge in [-0.05, 0) is 128 Å². The Kier molecular flexibility index (Phi) is 6.32. The number of hydrogen-bond acceptors (Lipinski definition) is 4. The van der Waals surface area contributed by atoms with Crippen LogP contribution >= 0.6 is 0 Å². The van der Waals surface area contributed by atoms with Crippen molar-refractivity contribution in [1.82, 2.24) is 0 Å². The molecule has 0 amide bonds. The smallest absolute Gasteiger partial charge is 0.205 e. The van der Waals surface area contributed by atoms with Crippen molar-refractivity contribution in [2.75, 3.05) is 0 Å². The lowest BCUT2D eigenvalue weighted by atomic mass is 9.74. The van der Waals surface area contributed by atoms with Crippen molar-refractivity contribution in [3.63, 3.8) is 0 Å². The van der Waals surface area contributed by atoms with Crippen LogP contribution in [0.15, 0.2) is 17.0 Å². The number of benzene rings is 2. The lowest BCUT2D eigenvalue weighted by molar-refractivity contribution is 0.330. The maximum absolute atomic E-state index is 15.4. The van der Waals surface area contributed by atoms with E-state index in [2.05, 4.69) is 12.1 Å². The minimum atomic E-state index is -5.81. The normalized spacial score (nSPS) is 36.5. The molecule has 2 aromatic rings. The Morgan fingerprint density at radius 1 is 0.595 bits per heavy atom. The van der Waals surface area contributed by atoms with E-state index in [1.807, 2.05) is 0 Å². The summed E-state index contributed by atoms with van der Waals surface area (Å²) in [6, 6.07) is 4.34. The average Bonchev–Trinajstić information content (AvgIpc) is 3.81. The molecule has 9 heteroatoms. The van der Waals surface area contributed by atoms with Crippen LogP contribution in [-0.4, -0.2) is 13.0 Å². The van der Waals surface area contributed by atoms with Gasteiger partial charge in [0.25, 0.3) is 0 Å². The van der Waals surface area contributed by atoms with Crippen LogP contribution in [0.25, 0.3) is 0 Å². The maximum atomic E-state index is 15.4. The minimum Gasteiger partial charge on any atom is -0.744 e. The molecule has 9 atom stereocenters. The Morgan fingerprint density at radius 3 is 1.38 bits per heavy atom. The topological polar surface area (TPSA) is 66.4 Å². The van der Waals surface area contributed by atoms with Crippen LogP contribution < -0.4 is 4.74 Å². The highest BCUT2D eigenvalue weighted by Gasteiger charge is 2.47. The molecule has 6 aliphatic carbocycles. The van der Waals surface area contributed by atoms with Crippen LogP contribution in [0.4, 0.5) is 17.6 Å². The van der Waals surface area contributed by atoms with Crippen molar-refractivity contribution in [2.45, 2.75) is 99.7 Å². The van der Waals surface area contributed by atoms with E-state index in [0.29, 0.717) is 35.5 Å². The third-order valence-electron chi connectivity index (χ3n) is 12.2. The Labute approximate surface area is 244 Å². The van der Waals surface area contributed by atoms with E-state index in [-0.39, 0.29) is 17.6 Å². The summed E-state index contributed by atoms with van der Waals surface area (Å²) in [5, 5.41) is 0. The Hall–Kier alpha value is -2.13.